The third kappa shape index (κ3) is 4.50. The van der Waals surface area contributed by atoms with Crippen molar-refractivity contribution in [3.05, 3.63) is 57.9 Å². The second-order valence-corrected chi connectivity index (χ2v) is 8.58. The van der Waals surface area contributed by atoms with Crippen molar-refractivity contribution < 1.29 is 17.7 Å². The summed E-state index contributed by atoms with van der Waals surface area (Å²) in [4.78, 5) is 10.3. The van der Waals surface area contributed by atoms with Gasteiger partial charge in [0.05, 0.1) is 16.3 Å². The normalized spacial score (nSPS) is 14.3. The van der Waals surface area contributed by atoms with Crippen LogP contribution in [0.5, 0.6) is 0 Å². The molecule has 0 saturated carbocycles. The fraction of sp³-hybridized carbons (Fsp3) is 0.316. The number of non-ortho nitro benzene ring substituents is 1. The van der Waals surface area contributed by atoms with Gasteiger partial charge in [0.2, 0.25) is 10.0 Å². The fourth-order valence-electron chi connectivity index (χ4n) is 3.23. The molecule has 2 aromatic carbocycles. The zero-order valence-electron chi connectivity index (χ0n) is 16.0. The molecule has 11 heteroatoms. The minimum atomic E-state index is -3.88. The van der Waals surface area contributed by atoms with E-state index >= 15 is 0 Å². The van der Waals surface area contributed by atoms with E-state index in [9.17, 15) is 22.9 Å². The molecule has 0 bridgehead atoms. The lowest BCUT2D eigenvalue weighted by atomic mass is 10.2. The summed E-state index contributed by atoms with van der Waals surface area (Å²) in [5.74, 6) is -0.634. The Kier molecular flexibility index (Phi) is 6.49. The number of nitro benzene ring substituents is 1. The van der Waals surface area contributed by atoms with Gasteiger partial charge in [-0.3, -0.25) is 10.1 Å². The summed E-state index contributed by atoms with van der Waals surface area (Å²) in [6.07, 6.45) is 1.49. The number of rotatable bonds is 8. The van der Waals surface area contributed by atoms with E-state index in [1.807, 2.05) is 0 Å². The SMILES string of the molecule is N#Cc1c(F)cccc1NCCNc1ccc([N+](=O)[O-])cc1S(=O)(=O)N1CCCC1. The van der Waals surface area contributed by atoms with Crippen LogP contribution in [0.25, 0.3) is 0 Å². The molecule has 0 amide bonds. The number of halogens is 1. The zero-order chi connectivity index (χ0) is 21.7. The van der Waals surface area contributed by atoms with Gasteiger partial charge in [-0.15, -0.1) is 0 Å². The lowest BCUT2D eigenvalue weighted by molar-refractivity contribution is -0.385. The van der Waals surface area contributed by atoms with E-state index in [1.165, 1.54) is 28.6 Å². The molecule has 1 aliphatic heterocycles. The molecule has 0 aliphatic carbocycles. The lowest BCUT2D eigenvalue weighted by Crippen LogP contribution is -2.29. The van der Waals surface area contributed by atoms with Crippen molar-refractivity contribution in [2.75, 3.05) is 36.8 Å². The van der Waals surface area contributed by atoms with Gasteiger partial charge in [-0.05, 0) is 31.0 Å². The summed E-state index contributed by atoms with van der Waals surface area (Å²) >= 11 is 0. The predicted octanol–water partition coefficient (Wildman–Crippen LogP) is 2.91. The number of hydrogen-bond donors (Lipinski definition) is 2. The molecule has 0 atom stereocenters. The topological polar surface area (TPSA) is 128 Å². The number of nitrogens with one attached hydrogen (secondary N) is 2. The highest BCUT2D eigenvalue weighted by Gasteiger charge is 2.30. The number of nitrogens with zero attached hydrogens (tertiary/aromatic N) is 3. The Bertz CT molecular complexity index is 1090. The van der Waals surface area contributed by atoms with Crippen molar-refractivity contribution in [3.8, 4) is 6.07 Å². The number of hydrogen-bond acceptors (Lipinski definition) is 7. The Balaban J connectivity index is 1.77. The van der Waals surface area contributed by atoms with Crippen molar-refractivity contribution >= 4 is 27.1 Å². The monoisotopic (exact) mass is 433 g/mol. The van der Waals surface area contributed by atoms with E-state index < -0.39 is 20.8 Å². The summed E-state index contributed by atoms with van der Waals surface area (Å²) in [7, 11) is -3.88. The summed E-state index contributed by atoms with van der Waals surface area (Å²) < 4.78 is 40.9. The molecule has 0 radical (unpaired) electrons. The minimum absolute atomic E-state index is 0.106. The van der Waals surface area contributed by atoms with Crippen molar-refractivity contribution in [1.29, 1.82) is 5.26 Å². The molecule has 2 N–H and O–H groups in total. The third-order valence-electron chi connectivity index (χ3n) is 4.74. The minimum Gasteiger partial charge on any atom is -0.382 e. The Morgan fingerprint density at radius 1 is 1.13 bits per heavy atom. The Labute approximate surface area is 173 Å². The largest absolute Gasteiger partial charge is 0.382 e. The highest BCUT2D eigenvalue weighted by Crippen LogP contribution is 2.30. The molecule has 1 heterocycles. The average Bonchev–Trinajstić information content (AvgIpc) is 3.27. The van der Waals surface area contributed by atoms with Gasteiger partial charge in [0.1, 0.15) is 22.3 Å². The van der Waals surface area contributed by atoms with Crippen LogP contribution in [0.2, 0.25) is 0 Å². The van der Waals surface area contributed by atoms with Gasteiger partial charge in [0.25, 0.3) is 5.69 Å². The molecule has 30 heavy (non-hydrogen) atoms. The van der Waals surface area contributed by atoms with Crippen LogP contribution in [0.3, 0.4) is 0 Å². The van der Waals surface area contributed by atoms with E-state index in [-0.39, 0.29) is 34.9 Å². The summed E-state index contributed by atoms with van der Waals surface area (Å²) in [6.45, 7) is 1.26. The molecule has 2 aromatic rings. The molecule has 9 nitrogen and oxygen atoms in total. The van der Waals surface area contributed by atoms with Crippen LogP contribution in [0.1, 0.15) is 18.4 Å². The van der Waals surface area contributed by atoms with Crippen LogP contribution in [0.15, 0.2) is 41.3 Å². The molecule has 0 unspecified atom stereocenters. The first-order valence-electron chi connectivity index (χ1n) is 9.29. The van der Waals surface area contributed by atoms with Gasteiger partial charge in [-0.25, -0.2) is 12.8 Å². The van der Waals surface area contributed by atoms with Gasteiger partial charge in [-0.1, -0.05) is 6.07 Å². The van der Waals surface area contributed by atoms with Gasteiger partial charge in [0, 0.05) is 38.3 Å². The summed E-state index contributed by atoms with van der Waals surface area (Å²) in [6, 6.07) is 9.68. The van der Waals surface area contributed by atoms with Crippen LogP contribution in [-0.4, -0.2) is 43.8 Å². The second-order valence-electron chi connectivity index (χ2n) is 6.68. The first-order valence-corrected chi connectivity index (χ1v) is 10.7. The summed E-state index contributed by atoms with van der Waals surface area (Å²) in [5, 5.41) is 26.1. The van der Waals surface area contributed by atoms with Crippen LogP contribution >= 0.6 is 0 Å². The third-order valence-corrected chi connectivity index (χ3v) is 6.68. The molecule has 158 valence electrons. The van der Waals surface area contributed by atoms with Gasteiger partial charge < -0.3 is 10.6 Å². The van der Waals surface area contributed by atoms with E-state index in [2.05, 4.69) is 10.6 Å². The van der Waals surface area contributed by atoms with E-state index in [0.29, 0.717) is 18.8 Å². The van der Waals surface area contributed by atoms with E-state index in [1.54, 1.807) is 12.1 Å². The fourth-order valence-corrected chi connectivity index (χ4v) is 4.94. The number of sulfonamides is 1. The van der Waals surface area contributed by atoms with Crippen LogP contribution in [-0.2, 0) is 10.0 Å². The van der Waals surface area contributed by atoms with E-state index in [4.69, 9.17) is 5.26 Å². The standard InChI is InChI=1S/C19H20FN5O4S/c20-16-4-3-5-17(15(16)13-21)22-8-9-23-18-7-6-14(25(26)27)12-19(18)30(28,29)24-10-1-2-11-24/h3-7,12,22-23H,1-2,8-11H2. The average molecular weight is 433 g/mol. The molecular weight excluding hydrogens is 413 g/mol. The van der Waals surface area contributed by atoms with Gasteiger partial charge in [0.15, 0.2) is 0 Å². The molecule has 0 spiro atoms. The smallest absolute Gasteiger partial charge is 0.270 e. The quantitative estimate of drug-likeness (QED) is 0.372. The number of nitro groups is 1. The number of anilines is 2. The number of nitriles is 1. The molecule has 0 aromatic heterocycles. The van der Waals surface area contributed by atoms with Crippen molar-refractivity contribution in [2.45, 2.75) is 17.7 Å². The molecule has 1 aliphatic rings. The number of benzene rings is 2. The Hall–Kier alpha value is -3.23. The Morgan fingerprint density at radius 2 is 1.80 bits per heavy atom. The van der Waals surface area contributed by atoms with Crippen molar-refractivity contribution in [3.63, 3.8) is 0 Å². The highest BCUT2D eigenvalue weighted by molar-refractivity contribution is 7.89. The maximum Gasteiger partial charge on any atom is 0.270 e. The second kappa shape index (κ2) is 9.06. The highest BCUT2D eigenvalue weighted by atomic mass is 32.2. The molecule has 1 fully saturated rings. The van der Waals surface area contributed by atoms with Gasteiger partial charge >= 0.3 is 0 Å². The van der Waals surface area contributed by atoms with Crippen molar-refractivity contribution in [1.82, 2.24) is 4.31 Å². The van der Waals surface area contributed by atoms with Crippen LogP contribution in [0, 0.1) is 27.3 Å². The first kappa shape index (κ1) is 21.5. The maximum atomic E-state index is 13.7. The Morgan fingerprint density at radius 3 is 2.43 bits per heavy atom. The molecule has 3 rings (SSSR count). The van der Waals surface area contributed by atoms with Crippen LogP contribution in [0.4, 0.5) is 21.5 Å². The lowest BCUT2D eigenvalue weighted by Gasteiger charge is -2.19. The first-order chi connectivity index (χ1) is 14.3. The summed E-state index contributed by atoms with van der Waals surface area (Å²) in [5.41, 5.74) is 0.155. The maximum absolute atomic E-state index is 13.7. The van der Waals surface area contributed by atoms with Crippen LogP contribution < -0.4 is 10.6 Å². The van der Waals surface area contributed by atoms with Crippen molar-refractivity contribution in [2.24, 2.45) is 0 Å². The van der Waals surface area contributed by atoms with Gasteiger partial charge in [-0.2, -0.15) is 9.57 Å². The molecule has 1 saturated heterocycles. The molecular formula is C19H20FN5O4S. The predicted molar refractivity (Wildman–Crippen MR) is 109 cm³/mol. The van der Waals surface area contributed by atoms with E-state index in [0.717, 1.165) is 18.9 Å². The zero-order valence-corrected chi connectivity index (χ0v) is 16.8.